The van der Waals surface area contributed by atoms with E-state index in [-0.39, 0.29) is 5.28 Å². The number of rotatable bonds is 4. The van der Waals surface area contributed by atoms with Crippen molar-refractivity contribution in [3.63, 3.8) is 0 Å². The van der Waals surface area contributed by atoms with Crippen LogP contribution in [0.15, 0.2) is 53.0 Å². The van der Waals surface area contributed by atoms with Crippen LogP contribution in [0, 0.1) is 13.8 Å². The highest BCUT2D eigenvalue weighted by atomic mass is 79.9. The van der Waals surface area contributed by atoms with Crippen LogP contribution >= 0.6 is 38.9 Å². The van der Waals surface area contributed by atoms with Gasteiger partial charge >= 0.3 is 0 Å². The summed E-state index contributed by atoms with van der Waals surface area (Å²) in [6.07, 6.45) is 0. The lowest BCUT2D eigenvalue weighted by Crippen LogP contribution is -2.18. The van der Waals surface area contributed by atoms with Crippen LogP contribution in [-0.2, 0) is 0 Å². The van der Waals surface area contributed by atoms with E-state index < -0.39 is 0 Å². The average Bonchev–Trinajstić information content (AvgIpc) is 2.98. The van der Waals surface area contributed by atoms with E-state index in [0.29, 0.717) is 0 Å². The molecule has 3 nitrogen and oxygen atoms in total. The van der Waals surface area contributed by atoms with Gasteiger partial charge in [-0.05, 0) is 67.8 Å². The molecule has 0 spiro atoms. The van der Waals surface area contributed by atoms with Gasteiger partial charge in [0, 0.05) is 27.1 Å². The quantitative estimate of drug-likeness (QED) is 0.287. The van der Waals surface area contributed by atoms with Crippen LogP contribution < -0.4 is 4.90 Å². The number of thiophene rings is 1. The molecule has 0 aliphatic heterocycles. The van der Waals surface area contributed by atoms with Gasteiger partial charge in [0.1, 0.15) is 10.6 Å². The summed E-state index contributed by atoms with van der Waals surface area (Å²) in [7, 11) is 0. The van der Waals surface area contributed by atoms with E-state index in [4.69, 9.17) is 11.6 Å². The molecule has 2 aromatic carbocycles. The number of hydrogen-bond acceptors (Lipinski definition) is 4. The molecule has 4 aromatic rings. The van der Waals surface area contributed by atoms with E-state index >= 15 is 0 Å². The first kappa shape index (κ1) is 19.4. The molecule has 6 heteroatoms. The predicted octanol–water partition coefficient (Wildman–Crippen LogP) is 7.55. The second-order valence-corrected chi connectivity index (χ2v) is 9.08. The number of aryl methyl sites for hydroxylation is 2. The van der Waals surface area contributed by atoms with Crippen molar-refractivity contribution < 1.29 is 0 Å². The SMILES string of the molecule is CCN(c1cccc(C)c1)c1nc(Cl)nc2sc(C)c(-c3ccc(Br)cc3)c12. The zero-order chi connectivity index (χ0) is 19.8. The van der Waals surface area contributed by atoms with Crippen molar-refractivity contribution in [1.29, 1.82) is 0 Å². The number of aromatic nitrogens is 2. The Morgan fingerprint density at radius 3 is 2.50 bits per heavy atom. The van der Waals surface area contributed by atoms with Crippen molar-refractivity contribution in [1.82, 2.24) is 9.97 Å². The summed E-state index contributed by atoms with van der Waals surface area (Å²) in [6, 6.07) is 16.8. The molecule has 28 heavy (non-hydrogen) atoms. The molecule has 4 rings (SSSR count). The molecule has 0 bridgehead atoms. The maximum Gasteiger partial charge on any atom is 0.225 e. The Balaban J connectivity index is 2.01. The highest BCUT2D eigenvalue weighted by Crippen LogP contribution is 2.43. The highest BCUT2D eigenvalue weighted by molar-refractivity contribution is 9.10. The minimum absolute atomic E-state index is 0.275. The van der Waals surface area contributed by atoms with Crippen molar-refractivity contribution in [3.8, 4) is 11.1 Å². The lowest BCUT2D eigenvalue weighted by atomic mass is 10.0. The summed E-state index contributed by atoms with van der Waals surface area (Å²) in [4.78, 5) is 13.5. The molecule has 0 saturated heterocycles. The van der Waals surface area contributed by atoms with E-state index in [9.17, 15) is 0 Å². The molecule has 0 aliphatic carbocycles. The van der Waals surface area contributed by atoms with E-state index in [1.165, 1.54) is 16.0 Å². The van der Waals surface area contributed by atoms with Crippen LogP contribution in [0.5, 0.6) is 0 Å². The van der Waals surface area contributed by atoms with Gasteiger partial charge in [-0.2, -0.15) is 4.98 Å². The van der Waals surface area contributed by atoms with Crippen LogP contribution in [0.3, 0.4) is 0 Å². The van der Waals surface area contributed by atoms with Crippen molar-refractivity contribution in [3.05, 3.63) is 68.7 Å². The van der Waals surface area contributed by atoms with Gasteiger partial charge in [-0.15, -0.1) is 11.3 Å². The van der Waals surface area contributed by atoms with Gasteiger partial charge in [0.25, 0.3) is 0 Å². The first-order valence-corrected chi connectivity index (χ1v) is 11.0. The third-order valence-electron chi connectivity index (χ3n) is 4.70. The summed E-state index contributed by atoms with van der Waals surface area (Å²) in [5.41, 5.74) is 4.64. The molecule has 0 aliphatic rings. The maximum absolute atomic E-state index is 6.32. The molecule has 2 aromatic heterocycles. The third-order valence-corrected chi connectivity index (χ3v) is 6.40. The number of anilines is 2. The van der Waals surface area contributed by atoms with Crippen LogP contribution in [0.25, 0.3) is 21.3 Å². The molecule has 0 amide bonds. The smallest absolute Gasteiger partial charge is 0.225 e. The summed E-state index contributed by atoms with van der Waals surface area (Å²) in [6.45, 7) is 7.13. The van der Waals surface area contributed by atoms with E-state index in [2.05, 4.69) is 100 Å². The van der Waals surface area contributed by atoms with Crippen molar-refractivity contribution in [2.45, 2.75) is 20.8 Å². The minimum atomic E-state index is 0.275. The van der Waals surface area contributed by atoms with Crippen molar-refractivity contribution >= 4 is 60.6 Å². The molecule has 0 radical (unpaired) electrons. The first-order valence-electron chi connectivity index (χ1n) is 9.04. The summed E-state index contributed by atoms with van der Waals surface area (Å²) in [5.74, 6) is 0.852. The van der Waals surface area contributed by atoms with Gasteiger partial charge in [-0.1, -0.05) is 40.2 Å². The van der Waals surface area contributed by atoms with Gasteiger partial charge in [0.05, 0.1) is 5.39 Å². The van der Waals surface area contributed by atoms with Crippen molar-refractivity contribution in [2.75, 3.05) is 11.4 Å². The van der Waals surface area contributed by atoms with Crippen LogP contribution in [-0.4, -0.2) is 16.5 Å². The largest absolute Gasteiger partial charge is 0.326 e. The van der Waals surface area contributed by atoms with Gasteiger partial charge in [-0.25, -0.2) is 4.98 Å². The highest BCUT2D eigenvalue weighted by Gasteiger charge is 2.22. The van der Waals surface area contributed by atoms with Crippen LogP contribution in [0.1, 0.15) is 17.4 Å². The van der Waals surface area contributed by atoms with Crippen molar-refractivity contribution in [2.24, 2.45) is 0 Å². The molecule has 0 N–H and O–H groups in total. The zero-order valence-corrected chi connectivity index (χ0v) is 19.0. The normalized spacial score (nSPS) is 11.2. The van der Waals surface area contributed by atoms with Crippen LogP contribution in [0.4, 0.5) is 11.5 Å². The fourth-order valence-corrected chi connectivity index (χ4v) is 5.00. The molecule has 0 unspecified atom stereocenters. The van der Waals surface area contributed by atoms with Gasteiger partial charge < -0.3 is 4.90 Å². The standard InChI is InChI=1S/C22H19BrClN3S/c1-4-27(17-7-5-6-13(2)12-17)20-19-18(15-8-10-16(23)11-9-15)14(3)28-21(19)26-22(24)25-20/h5-12H,4H2,1-3H3. The van der Waals surface area contributed by atoms with Crippen LogP contribution in [0.2, 0.25) is 5.28 Å². The summed E-state index contributed by atoms with van der Waals surface area (Å²) in [5, 5.41) is 1.33. The van der Waals surface area contributed by atoms with E-state index in [1.807, 2.05) is 0 Å². The van der Waals surface area contributed by atoms with Gasteiger partial charge in [0.15, 0.2) is 0 Å². The topological polar surface area (TPSA) is 29.0 Å². The summed E-state index contributed by atoms with van der Waals surface area (Å²) >= 11 is 11.5. The number of hydrogen-bond donors (Lipinski definition) is 0. The third kappa shape index (κ3) is 3.54. The Kier molecular flexibility index (Phi) is 5.41. The minimum Gasteiger partial charge on any atom is -0.326 e. The second-order valence-electron chi connectivity index (χ2n) is 6.62. The van der Waals surface area contributed by atoms with E-state index in [1.54, 1.807) is 11.3 Å². The lowest BCUT2D eigenvalue weighted by Gasteiger charge is -2.24. The molecule has 0 atom stereocenters. The number of halogens is 2. The van der Waals surface area contributed by atoms with E-state index in [0.717, 1.165) is 38.3 Å². The van der Waals surface area contributed by atoms with Gasteiger partial charge in [0.2, 0.25) is 5.28 Å². The maximum atomic E-state index is 6.32. The second kappa shape index (κ2) is 7.82. The zero-order valence-electron chi connectivity index (χ0n) is 15.8. The van der Waals surface area contributed by atoms with Gasteiger partial charge in [-0.3, -0.25) is 0 Å². The first-order chi connectivity index (χ1) is 13.5. The Morgan fingerprint density at radius 1 is 1.07 bits per heavy atom. The fraction of sp³-hybridized carbons (Fsp3) is 0.182. The monoisotopic (exact) mass is 471 g/mol. The predicted molar refractivity (Wildman–Crippen MR) is 124 cm³/mol. The average molecular weight is 473 g/mol. The molecule has 142 valence electrons. The fourth-order valence-electron chi connectivity index (χ4n) is 3.48. The molecule has 2 heterocycles. The molecular formula is C22H19BrClN3S. The lowest BCUT2D eigenvalue weighted by molar-refractivity contribution is 0.990. The summed E-state index contributed by atoms with van der Waals surface area (Å²) < 4.78 is 1.06. The molecular weight excluding hydrogens is 454 g/mol. The molecule has 0 fully saturated rings. The number of nitrogens with zero attached hydrogens (tertiary/aromatic N) is 3. The molecule has 0 saturated carbocycles. The Labute approximate surface area is 182 Å². The Morgan fingerprint density at radius 2 is 1.82 bits per heavy atom. The Bertz CT molecular complexity index is 1150. The Hall–Kier alpha value is -1.95. The number of benzene rings is 2. The number of fused-ring (bicyclic) bond motifs is 1.